The van der Waals surface area contributed by atoms with E-state index in [4.69, 9.17) is 0 Å². The van der Waals surface area contributed by atoms with Crippen LogP contribution in [0, 0.1) is 12.7 Å². The van der Waals surface area contributed by atoms with Crippen LogP contribution in [-0.4, -0.2) is 11.5 Å². The van der Waals surface area contributed by atoms with Crippen molar-refractivity contribution >= 4 is 0 Å². The topological polar surface area (TPSA) is 29.5 Å². The summed E-state index contributed by atoms with van der Waals surface area (Å²) in [6.45, 7) is 1.71. The van der Waals surface area contributed by atoms with Gasteiger partial charge < -0.3 is 9.84 Å². The number of aryl methyl sites for hydroxylation is 1. The Balaban J connectivity index is 2.24. The fourth-order valence-corrected chi connectivity index (χ4v) is 1.94. The Morgan fingerprint density at radius 1 is 1.05 bits per heavy atom. The van der Waals surface area contributed by atoms with Gasteiger partial charge in [0.05, 0.1) is 0 Å². The molecule has 0 fully saturated rings. The number of ether oxygens (including phenoxy) is 1. The average Bonchev–Trinajstić information content (AvgIpc) is 2.40. The van der Waals surface area contributed by atoms with Gasteiger partial charge >= 0.3 is 6.36 Å². The molecule has 0 aromatic heterocycles. The van der Waals surface area contributed by atoms with Crippen molar-refractivity contribution in [1.29, 1.82) is 0 Å². The zero-order chi connectivity index (χ0) is 15.6. The van der Waals surface area contributed by atoms with Gasteiger partial charge in [-0.2, -0.15) is 0 Å². The SMILES string of the molecule is Cc1ccc(F)cc1C(O)c1ccc(OC(F)(F)F)cc1. The quantitative estimate of drug-likeness (QED) is 0.864. The van der Waals surface area contributed by atoms with E-state index in [0.29, 0.717) is 16.7 Å². The summed E-state index contributed by atoms with van der Waals surface area (Å²) in [6.07, 6.45) is -5.89. The number of aliphatic hydroxyl groups excluding tert-OH is 1. The van der Waals surface area contributed by atoms with E-state index in [-0.39, 0.29) is 5.75 Å². The molecule has 0 aliphatic rings. The molecule has 2 aromatic carbocycles. The molecule has 21 heavy (non-hydrogen) atoms. The highest BCUT2D eigenvalue weighted by Gasteiger charge is 2.31. The Bertz CT molecular complexity index is 621. The largest absolute Gasteiger partial charge is 0.573 e. The highest BCUT2D eigenvalue weighted by molar-refractivity contribution is 5.37. The number of hydrogen-bond donors (Lipinski definition) is 1. The fraction of sp³-hybridized carbons (Fsp3) is 0.200. The number of benzene rings is 2. The molecule has 0 radical (unpaired) electrons. The Kier molecular flexibility index (Phi) is 4.18. The van der Waals surface area contributed by atoms with Crippen LogP contribution in [-0.2, 0) is 0 Å². The van der Waals surface area contributed by atoms with Gasteiger partial charge in [0.2, 0.25) is 0 Å². The molecule has 0 bridgehead atoms. The Hall–Kier alpha value is -2.08. The first kappa shape index (κ1) is 15.3. The smallest absolute Gasteiger partial charge is 0.406 e. The lowest BCUT2D eigenvalue weighted by Gasteiger charge is -2.15. The van der Waals surface area contributed by atoms with E-state index in [0.717, 1.165) is 12.1 Å². The second kappa shape index (κ2) is 5.73. The monoisotopic (exact) mass is 300 g/mol. The van der Waals surface area contributed by atoms with Crippen LogP contribution in [0.4, 0.5) is 17.6 Å². The summed E-state index contributed by atoms with van der Waals surface area (Å²) in [4.78, 5) is 0. The predicted molar refractivity (Wildman–Crippen MR) is 68.3 cm³/mol. The van der Waals surface area contributed by atoms with Gasteiger partial charge in [-0.15, -0.1) is 13.2 Å². The maximum absolute atomic E-state index is 13.2. The lowest BCUT2D eigenvalue weighted by molar-refractivity contribution is -0.274. The van der Waals surface area contributed by atoms with E-state index in [1.54, 1.807) is 6.92 Å². The van der Waals surface area contributed by atoms with E-state index in [1.165, 1.54) is 30.3 Å². The lowest BCUT2D eigenvalue weighted by Crippen LogP contribution is -2.17. The van der Waals surface area contributed by atoms with Crippen LogP contribution in [0.1, 0.15) is 22.8 Å². The van der Waals surface area contributed by atoms with Gasteiger partial charge in [0.25, 0.3) is 0 Å². The van der Waals surface area contributed by atoms with E-state index < -0.39 is 18.3 Å². The molecule has 0 aliphatic heterocycles. The van der Waals surface area contributed by atoms with Gasteiger partial charge in [0.1, 0.15) is 17.7 Å². The molecule has 0 saturated heterocycles. The standard InChI is InChI=1S/C15H12F4O2/c1-9-2-5-11(16)8-13(9)14(20)10-3-6-12(7-4-10)21-15(17,18)19/h2-8,14,20H,1H3. The van der Waals surface area contributed by atoms with Crippen molar-refractivity contribution in [3.05, 3.63) is 65.0 Å². The minimum absolute atomic E-state index is 0.346. The van der Waals surface area contributed by atoms with Crippen LogP contribution in [0.5, 0.6) is 5.75 Å². The molecule has 2 nitrogen and oxygen atoms in total. The lowest BCUT2D eigenvalue weighted by atomic mass is 9.97. The Morgan fingerprint density at radius 2 is 1.67 bits per heavy atom. The van der Waals surface area contributed by atoms with Crippen molar-refractivity contribution in [3.63, 3.8) is 0 Å². The molecule has 1 unspecified atom stereocenters. The molecule has 1 atom stereocenters. The van der Waals surface area contributed by atoms with E-state index in [1.807, 2.05) is 0 Å². The van der Waals surface area contributed by atoms with Crippen LogP contribution >= 0.6 is 0 Å². The highest BCUT2D eigenvalue weighted by Crippen LogP contribution is 2.28. The molecule has 0 heterocycles. The second-order valence-corrected chi connectivity index (χ2v) is 4.52. The minimum Gasteiger partial charge on any atom is -0.406 e. The number of rotatable bonds is 3. The molecule has 0 amide bonds. The van der Waals surface area contributed by atoms with Gasteiger partial charge in [-0.3, -0.25) is 0 Å². The van der Waals surface area contributed by atoms with Gasteiger partial charge in [0.15, 0.2) is 0 Å². The second-order valence-electron chi connectivity index (χ2n) is 4.52. The molecular formula is C15H12F4O2. The third kappa shape index (κ3) is 3.95. The summed E-state index contributed by atoms with van der Waals surface area (Å²) in [5, 5.41) is 10.2. The molecule has 2 aromatic rings. The van der Waals surface area contributed by atoms with Crippen molar-refractivity contribution in [2.24, 2.45) is 0 Å². The first-order chi connectivity index (χ1) is 9.76. The Labute approximate surface area is 118 Å². The minimum atomic E-state index is -4.76. The number of halogens is 4. The summed E-state index contributed by atoms with van der Waals surface area (Å²) in [6, 6.07) is 8.79. The van der Waals surface area contributed by atoms with Gasteiger partial charge in [-0.25, -0.2) is 4.39 Å². The molecular weight excluding hydrogens is 288 g/mol. The summed E-state index contributed by atoms with van der Waals surface area (Å²) in [7, 11) is 0. The van der Waals surface area contributed by atoms with E-state index in [2.05, 4.69) is 4.74 Å². The van der Waals surface area contributed by atoms with Crippen LogP contribution in [0.15, 0.2) is 42.5 Å². The molecule has 6 heteroatoms. The third-order valence-electron chi connectivity index (χ3n) is 2.97. The molecule has 1 N–H and O–H groups in total. The summed E-state index contributed by atoms with van der Waals surface area (Å²) >= 11 is 0. The van der Waals surface area contributed by atoms with Gasteiger partial charge in [-0.05, 0) is 47.9 Å². The van der Waals surface area contributed by atoms with Gasteiger partial charge in [-0.1, -0.05) is 18.2 Å². The normalized spacial score (nSPS) is 13.0. The zero-order valence-electron chi connectivity index (χ0n) is 11.0. The summed E-state index contributed by atoms with van der Waals surface area (Å²) in [5.41, 5.74) is 1.39. The predicted octanol–water partition coefficient (Wildman–Crippen LogP) is 4.11. The van der Waals surface area contributed by atoms with Crippen LogP contribution in [0.25, 0.3) is 0 Å². The maximum Gasteiger partial charge on any atom is 0.573 e. The van der Waals surface area contributed by atoms with Crippen LogP contribution < -0.4 is 4.74 Å². The first-order valence-corrected chi connectivity index (χ1v) is 6.06. The molecule has 2 rings (SSSR count). The van der Waals surface area contributed by atoms with Crippen molar-refractivity contribution in [2.75, 3.05) is 0 Å². The molecule has 0 saturated carbocycles. The first-order valence-electron chi connectivity index (χ1n) is 6.06. The van der Waals surface area contributed by atoms with E-state index >= 15 is 0 Å². The average molecular weight is 300 g/mol. The number of aliphatic hydroxyl groups is 1. The van der Waals surface area contributed by atoms with Crippen molar-refractivity contribution < 1.29 is 27.4 Å². The van der Waals surface area contributed by atoms with Crippen LogP contribution in [0.3, 0.4) is 0 Å². The number of alkyl halides is 3. The van der Waals surface area contributed by atoms with Crippen LogP contribution in [0.2, 0.25) is 0 Å². The molecule has 112 valence electrons. The van der Waals surface area contributed by atoms with Gasteiger partial charge in [0, 0.05) is 0 Å². The highest BCUT2D eigenvalue weighted by atomic mass is 19.4. The summed E-state index contributed by atoms with van der Waals surface area (Å²) < 4.78 is 53.1. The van der Waals surface area contributed by atoms with Crippen molar-refractivity contribution in [1.82, 2.24) is 0 Å². The fourth-order valence-electron chi connectivity index (χ4n) is 1.94. The molecule has 0 aliphatic carbocycles. The van der Waals surface area contributed by atoms with E-state index in [9.17, 15) is 22.7 Å². The van der Waals surface area contributed by atoms with Crippen molar-refractivity contribution in [3.8, 4) is 5.75 Å². The maximum atomic E-state index is 13.2. The number of hydrogen-bond acceptors (Lipinski definition) is 2. The van der Waals surface area contributed by atoms with Crippen molar-refractivity contribution in [2.45, 2.75) is 19.4 Å². The molecule has 0 spiro atoms. The third-order valence-corrected chi connectivity index (χ3v) is 2.97. The Morgan fingerprint density at radius 3 is 2.24 bits per heavy atom. The summed E-state index contributed by atoms with van der Waals surface area (Å²) in [5.74, 6) is -0.874. The zero-order valence-corrected chi connectivity index (χ0v) is 11.0.